The molecule has 0 spiro atoms. The van der Waals surface area contributed by atoms with Gasteiger partial charge in [-0.1, -0.05) is 23.7 Å². The van der Waals surface area contributed by atoms with E-state index in [1.807, 2.05) is 12.1 Å². The second kappa shape index (κ2) is 6.37. The Bertz CT molecular complexity index is 560. The average Bonchev–Trinajstić information content (AvgIpc) is 2.41. The van der Waals surface area contributed by atoms with Gasteiger partial charge in [-0.25, -0.2) is 8.78 Å². The molecule has 0 saturated carbocycles. The molecule has 0 amide bonds. The standard InChI is InChI=1S/C14H12ClF2NS/c15-10-3-1-9(2-4-10)14(8-18)19-11-5-6-12(16)13(17)7-11/h1-7,14H,8,18H2. The monoisotopic (exact) mass is 299 g/mol. The molecule has 2 aromatic rings. The van der Waals surface area contributed by atoms with Crippen molar-refractivity contribution in [3.05, 3.63) is 64.7 Å². The van der Waals surface area contributed by atoms with E-state index in [0.717, 1.165) is 11.6 Å². The van der Waals surface area contributed by atoms with Crippen LogP contribution < -0.4 is 5.73 Å². The first kappa shape index (κ1) is 14.3. The highest BCUT2D eigenvalue weighted by Crippen LogP contribution is 2.35. The molecule has 0 aliphatic carbocycles. The Morgan fingerprint density at radius 3 is 2.32 bits per heavy atom. The topological polar surface area (TPSA) is 26.0 Å². The zero-order valence-electron chi connectivity index (χ0n) is 9.95. The van der Waals surface area contributed by atoms with Crippen molar-refractivity contribution in [2.24, 2.45) is 5.73 Å². The zero-order valence-corrected chi connectivity index (χ0v) is 11.5. The summed E-state index contributed by atoms with van der Waals surface area (Å²) in [5.74, 6) is -1.70. The van der Waals surface area contributed by atoms with Gasteiger partial charge in [-0.3, -0.25) is 0 Å². The van der Waals surface area contributed by atoms with Crippen molar-refractivity contribution in [2.75, 3.05) is 6.54 Å². The van der Waals surface area contributed by atoms with E-state index in [9.17, 15) is 8.78 Å². The van der Waals surface area contributed by atoms with Crippen molar-refractivity contribution >= 4 is 23.4 Å². The van der Waals surface area contributed by atoms with Gasteiger partial charge in [-0.05, 0) is 35.9 Å². The number of thioether (sulfide) groups is 1. The summed E-state index contributed by atoms with van der Waals surface area (Å²) in [6, 6.07) is 11.2. The molecule has 0 bridgehead atoms. The number of hydrogen-bond donors (Lipinski definition) is 1. The minimum atomic E-state index is -0.850. The Balaban J connectivity index is 2.18. The first-order valence-electron chi connectivity index (χ1n) is 5.67. The van der Waals surface area contributed by atoms with Crippen LogP contribution in [0, 0.1) is 11.6 Å². The maximum atomic E-state index is 13.2. The molecule has 1 atom stereocenters. The second-order valence-electron chi connectivity index (χ2n) is 3.97. The van der Waals surface area contributed by atoms with E-state index in [2.05, 4.69) is 0 Å². The van der Waals surface area contributed by atoms with Crippen LogP contribution in [-0.4, -0.2) is 6.54 Å². The maximum Gasteiger partial charge on any atom is 0.159 e. The van der Waals surface area contributed by atoms with E-state index < -0.39 is 11.6 Å². The number of nitrogens with two attached hydrogens (primary N) is 1. The minimum Gasteiger partial charge on any atom is -0.329 e. The molecule has 1 unspecified atom stereocenters. The second-order valence-corrected chi connectivity index (χ2v) is 5.68. The number of benzene rings is 2. The van der Waals surface area contributed by atoms with Crippen molar-refractivity contribution in [1.82, 2.24) is 0 Å². The van der Waals surface area contributed by atoms with E-state index >= 15 is 0 Å². The third-order valence-corrected chi connectivity index (χ3v) is 4.15. The molecule has 19 heavy (non-hydrogen) atoms. The fraction of sp³-hybridized carbons (Fsp3) is 0.143. The summed E-state index contributed by atoms with van der Waals surface area (Å²) in [4.78, 5) is 0.643. The molecule has 2 rings (SSSR count). The van der Waals surface area contributed by atoms with Crippen LogP contribution in [0.15, 0.2) is 47.4 Å². The van der Waals surface area contributed by atoms with Gasteiger partial charge in [0.05, 0.1) is 0 Å². The van der Waals surface area contributed by atoms with Gasteiger partial charge in [0, 0.05) is 21.7 Å². The summed E-state index contributed by atoms with van der Waals surface area (Å²) < 4.78 is 26.0. The molecule has 5 heteroatoms. The molecular formula is C14H12ClF2NS. The van der Waals surface area contributed by atoms with Crippen LogP contribution in [0.2, 0.25) is 5.02 Å². The Hall–Kier alpha value is -1.10. The molecule has 0 aliphatic heterocycles. The van der Waals surface area contributed by atoms with E-state index in [1.165, 1.54) is 17.8 Å². The number of hydrogen-bond acceptors (Lipinski definition) is 2. The molecule has 0 heterocycles. The zero-order chi connectivity index (χ0) is 13.8. The maximum absolute atomic E-state index is 13.2. The first-order valence-corrected chi connectivity index (χ1v) is 6.93. The summed E-state index contributed by atoms with van der Waals surface area (Å²) in [6.07, 6.45) is 0. The van der Waals surface area contributed by atoms with Crippen LogP contribution in [0.5, 0.6) is 0 Å². The Morgan fingerprint density at radius 2 is 1.74 bits per heavy atom. The van der Waals surface area contributed by atoms with Gasteiger partial charge in [0.2, 0.25) is 0 Å². The van der Waals surface area contributed by atoms with Gasteiger partial charge >= 0.3 is 0 Å². The Morgan fingerprint density at radius 1 is 1.05 bits per heavy atom. The summed E-state index contributed by atoms with van der Waals surface area (Å²) >= 11 is 7.22. The fourth-order valence-electron chi connectivity index (χ4n) is 1.64. The summed E-state index contributed by atoms with van der Waals surface area (Å²) in [6.45, 7) is 0.394. The summed E-state index contributed by atoms with van der Waals surface area (Å²) in [5, 5.41) is 0.625. The smallest absolute Gasteiger partial charge is 0.159 e. The van der Waals surface area contributed by atoms with E-state index in [-0.39, 0.29) is 5.25 Å². The molecule has 0 aromatic heterocycles. The van der Waals surface area contributed by atoms with Crippen molar-refractivity contribution < 1.29 is 8.78 Å². The van der Waals surface area contributed by atoms with Gasteiger partial charge in [-0.15, -0.1) is 11.8 Å². The van der Waals surface area contributed by atoms with Crippen LogP contribution in [0.25, 0.3) is 0 Å². The third-order valence-electron chi connectivity index (χ3n) is 2.63. The quantitative estimate of drug-likeness (QED) is 0.846. The molecule has 2 aromatic carbocycles. The van der Waals surface area contributed by atoms with Crippen LogP contribution in [0.3, 0.4) is 0 Å². The minimum absolute atomic E-state index is 0.0258. The highest BCUT2D eigenvalue weighted by atomic mass is 35.5. The molecule has 1 nitrogen and oxygen atoms in total. The lowest BCUT2D eigenvalue weighted by molar-refractivity contribution is 0.506. The molecule has 0 fully saturated rings. The lowest BCUT2D eigenvalue weighted by Crippen LogP contribution is -2.09. The normalized spacial score (nSPS) is 12.4. The predicted molar refractivity (Wildman–Crippen MR) is 75.5 cm³/mol. The highest BCUT2D eigenvalue weighted by Gasteiger charge is 2.13. The number of rotatable bonds is 4. The summed E-state index contributed by atoms with van der Waals surface area (Å²) in [7, 11) is 0. The molecule has 0 aliphatic rings. The van der Waals surface area contributed by atoms with E-state index in [4.69, 9.17) is 17.3 Å². The van der Waals surface area contributed by atoms with Crippen LogP contribution in [0.1, 0.15) is 10.8 Å². The van der Waals surface area contributed by atoms with Crippen molar-refractivity contribution in [3.8, 4) is 0 Å². The third kappa shape index (κ3) is 3.69. The molecule has 100 valence electrons. The fourth-order valence-corrected chi connectivity index (χ4v) is 2.81. The molecule has 0 radical (unpaired) electrons. The largest absolute Gasteiger partial charge is 0.329 e. The van der Waals surface area contributed by atoms with Gasteiger partial charge in [0.1, 0.15) is 0 Å². The first-order chi connectivity index (χ1) is 9.10. The van der Waals surface area contributed by atoms with Gasteiger partial charge in [0.25, 0.3) is 0 Å². The predicted octanol–water partition coefficient (Wildman–Crippen LogP) is 4.41. The van der Waals surface area contributed by atoms with Crippen LogP contribution in [0.4, 0.5) is 8.78 Å². The van der Waals surface area contributed by atoms with Gasteiger partial charge < -0.3 is 5.73 Å². The highest BCUT2D eigenvalue weighted by molar-refractivity contribution is 7.99. The van der Waals surface area contributed by atoms with E-state index in [1.54, 1.807) is 18.2 Å². The summed E-state index contributed by atoms with van der Waals surface area (Å²) in [5.41, 5.74) is 6.74. The van der Waals surface area contributed by atoms with Crippen LogP contribution in [-0.2, 0) is 0 Å². The van der Waals surface area contributed by atoms with Gasteiger partial charge in [-0.2, -0.15) is 0 Å². The molecule has 0 saturated heterocycles. The SMILES string of the molecule is NCC(Sc1ccc(F)c(F)c1)c1ccc(Cl)cc1. The average molecular weight is 300 g/mol. The number of halogens is 3. The lowest BCUT2D eigenvalue weighted by atomic mass is 10.1. The Kier molecular flexibility index (Phi) is 4.80. The Labute approximate surface area is 119 Å². The van der Waals surface area contributed by atoms with Crippen molar-refractivity contribution in [3.63, 3.8) is 0 Å². The van der Waals surface area contributed by atoms with E-state index in [0.29, 0.717) is 16.5 Å². The van der Waals surface area contributed by atoms with Crippen LogP contribution >= 0.6 is 23.4 Å². The van der Waals surface area contributed by atoms with Crippen molar-refractivity contribution in [2.45, 2.75) is 10.1 Å². The van der Waals surface area contributed by atoms with Crippen molar-refractivity contribution in [1.29, 1.82) is 0 Å². The molecular weight excluding hydrogens is 288 g/mol. The van der Waals surface area contributed by atoms with Gasteiger partial charge in [0.15, 0.2) is 11.6 Å². The lowest BCUT2D eigenvalue weighted by Gasteiger charge is -2.15. The molecule has 2 N–H and O–H groups in total.